The van der Waals surface area contributed by atoms with Gasteiger partial charge in [-0.15, -0.1) is 29.8 Å². The van der Waals surface area contributed by atoms with Crippen LogP contribution in [0.1, 0.15) is 0 Å². The van der Waals surface area contributed by atoms with Gasteiger partial charge in [-0.3, -0.25) is 9.55 Å². The molecule has 0 atom stereocenters. The van der Waals surface area contributed by atoms with E-state index < -0.39 is 0 Å². The van der Waals surface area contributed by atoms with E-state index >= 15 is 0 Å². The first-order valence-electron chi connectivity index (χ1n) is 10.4. The van der Waals surface area contributed by atoms with Crippen molar-refractivity contribution in [2.45, 2.75) is 0 Å². The molecule has 0 aliphatic heterocycles. The van der Waals surface area contributed by atoms with Gasteiger partial charge in [0.05, 0.1) is 11.3 Å². The molecule has 0 saturated carbocycles. The molecule has 0 bridgehead atoms. The van der Waals surface area contributed by atoms with Gasteiger partial charge in [0, 0.05) is 43.7 Å². The molecule has 0 amide bonds. The van der Waals surface area contributed by atoms with E-state index in [9.17, 15) is 5.11 Å². The third kappa shape index (κ3) is 3.63. The first-order valence-corrected chi connectivity index (χ1v) is 10.4. The van der Waals surface area contributed by atoms with E-state index in [-0.39, 0.29) is 26.8 Å². The summed E-state index contributed by atoms with van der Waals surface area (Å²) in [4.78, 5) is 9.62. The minimum absolute atomic E-state index is 0. The SMILES string of the molecule is Oc1ccccc1-c1[c-]c(-c2cccc(-n3c4ccccc4c4cccnc43)n2)ccc1.[Pt]. The maximum atomic E-state index is 10.2. The van der Waals surface area contributed by atoms with Crippen LogP contribution in [0.4, 0.5) is 0 Å². The molecule has 6 aromatic rings. The number of hydrogen-bond acceptors (Lipinski definition) is 3. The van der Waals surface area contributed by atoms with E-state index in [1.165, 1.54) is 0 Å². The minimum Gasteiger partial charge on any atom is -0.515 e. The van der Waals surface area contributed by atoms with Gasteiger partial charge in [-0.2, -0.15) is 0 Å². The van der Waals surface area contributed by atoms with Crippen molar-refractivity contribution in [1.82, 2.24) is 14.5 Å². The van der Waals surface area contributed by atoms with Gasteiger partial charge in [-0.25, -0.2) is 4.98 Å². The summed E-state index contributed by atoms with van der Waals surface area (Å²) in [5.74, 6) is 1.03. The zero-order valence-corrected chi connectivity index (χ0v) is 19.7. The maximum absolute atomic E-state index is 10.2. The number of nitrogens with zero attached hydrogens (tertiary/aromatic N) is 3. The number of aromatic hydroxyl groups is 1. The smallest absolute Gasteiger partial charge is 0.146 e. The Morgan fingerprint density at radius 2 is 1.45 bits per heavy atom. The summed E-state index contributed by atoms with van der Waals surface area (Å²) in [6.07, 6.45) is 1.81. The first kappa shape index (κ1) is 21.1. The zero-order valence-electron chi connectivity index (χ0n) is 17.4. The molecule has 162 valence electrons. The first-order chi connectivity index (χ1) is 15.8. The molecular weight excluding hydrogens is 589 g/mol. The molecule has 33 heavy (non-hydrogen) atoms. The number of fused-ring (bicyclic) bond motifs is 3. The minimum atomic E-state index is 0. The second-order valence-electron chi connectivity index (χ2n) is 7.60. The molecule has 0 aliphatic carbocycles. The third-order valence-electron chi connectivity index (χ3n) is 5.66. The van der Waals surface area contributed by atoms with E-state index in [1.54, 1.807) is 6.07 Å². The van der Waals surface area contributed by atoms with Crippen LogP contribution in [0.3, 0.4) is 0 Å². The van der Waals surface area contributed by atoms with E-state index in [0.29, 0.717) is 0 Å². The predicted molar refractivity (Wildman–Crippen MR) is 128 cm³/mol. The molecule has 3 aromatic carbocycles. The predicted octanol–water partition coefficient (Wildman–Crippen LogP) is 6.41. The summed E-state index contributed by atoms with van der Waals surface area (Å²) in [6.45, 7) is 0. The Balaban J connectivity index is 0.00000228. The van der Waals surface area contributed by atoms with Crippen LogP contribution in [0, 0.1) is 6.07 Å². The molecular formula is C28H18N3OPt-. The zero-order chi connectivity index (χ0) is 21.5. The number of rotatable bonds is 3. The number of phenolic OH excluding ortho intramolecular Hbond substituents is 1. The van der Waals surface area contributed by atoms with E-state index in [2.05, 4.69) is 33.8 Å². The largest absolute Gasteiger partial charge is 0.515 e. The van der Waals surface area contributed by atoms with Crippen molar-refractivity contribution in [2.24, 2.45) is 0 Å². The van der Waals surface area contributed by atoms with Crippen molar-refractivity contribution >= 4 is 21.9 Å². The Hall–Kier alpha value is -3.75. The molecule has 0 radical (unpaired) electrons. The van der Waals surface area contributed by atoms with Crippen LogP contribution >= 0.6 is 0 Å². The molecule has 1 N–H and O–H groups in total. The Labute approximate surface area is 205 Å². The van der Waals surface area contributed by atoms with Crippen molar-refractivity contribution in [3.8, 4) is 34.0 Å². The Bertz CT molecular complexity index is 1550. The Morgan fingerprint density at radius 1 is 0.697 bits per heavy atom. The van der Waals surface area contributed by atoms with Gasteiger partial charge in [0.1, 0.15) is 11.5 Å². The number of aromatic nitrogens is 3. The average Bonchev–Trinajstić information content (AvgIpc) is 3.19. The summed E-state index contributed by atoms with van der Waals surface area (Å²) >= 11 is 0. The molecule has 0 spiro atoms. The molecule has 0 saturated heterocycles. The summed E-state index contributed by atoms with van der Waals surface area (Å²) in [6, 6.07) is 34.9. The van der Waals surface area contributed by atoms with E-state index in [4.69, 9.17) is 4.98 Å². The molecule has 0 fully saturated rings. The van der Waals surface area contributed by atoms with Gasteiger partial charge in [0.15, 0.2) is 0 Å². The fraction of sp³-hybridized carbons (Fsp3) is 0. The molecule has 0 unspecified atom stereocenters. The van der Waals surface area contributed by atoms with E-state index in [0.717, 1.165) is 50.1 Å². The molecule has 5 heteroatoms. The number of phenols is 1. The Morgan fingerprint density at radius 3 is 2.36 bits per heavy atom. The molecule has 6 rings (SSSR count). The van der Waals surface area contributed by atoms with Crippen LogP contribution in [-0.4, -0.2) is 19.6 Å². The van der Waals surface area contributed by atoms with Crippen LogP contribution < -0.4 is 0 Å². The fourth-order valence-electron chi connectivity index (χ4n) is 4.20. The Kier molecular flexibility index (Phi) is 5.53. The van der Waals surface area contributed by atoms with Crippen LogP contribution in [-0.2, 0) is 21.1 Å². The summed E-state index contributed by atoms with van der Waals surface area (Å²) in [5.41, 5.74) is 5.19. The second-order valence-corrected chi connectivity index (χ2v) is 7.60. The van der Waals surface area contributed by atoms with Crippen molar-refractivity contribution < 1.29 is 26.2 Å². The topological polar surface area (TPSA) is 50.9 Å². The number of hydrogen-bond donors (Lipinski definition) is 1. The van der Waals surface area contributed by atoms with Crippen LogP contribution in [0.15, 0.2) is 103 Å². The van der Waals surface area contributed by atoms with Crippen molar-refractivity contribution in [3.05, 3.63) is 109 Å². The van der Waals surface area contributed by atoms with Crippen LogP contribution in [0.5, 0.6) is 5.75 Å². The summed E-state index contributed by atoms with van der Waals surface area (Å²) < 4.78 is 2.10. The monoisotopic (exact) mass is 607 g/mol. The van der Waals surface area contributed by atoms with Crippen molar-refractivity contribution in [1.29, 1.82) is 0 Å². The average molecular weight is 608 g/mol. The van der Waals surface area contributed by atoms with Gasteiger partial charge < -0.3 is 5.11 Å². The number of para-hydroxylation sites is 2. The van der Waals surface area contributed by atoms with Crippen LogP contribution in [0.2, 0.25) is 0 Å². The van der Waals surface area contributed by atoms with Gasteiger partial charge in [-0.05, 0) is 35.9 Å². The van der Waals surface area contributed by atoms with Crippen molar-refractivity contribution in [3.63, 3.8) is 0 Å². The van der Waals surface area contributed by atoms with Gasteiger partial charge in [-0.1, -0.05) is 54.1 Å². The quantitative estimate of drug-likeness (QED) is 0.237. The van der Waals surface area contributed by atoms with E-state index in [1.807, 2.05) is 79.0 Å². The normalized spacial score (nSPS) is 10.9. The standard InChI is InChI=1S/C28H18N3O.Pt/c32-26-15-4-2-10-21(26)19-8-5-9-20(18-19)24-13-6-16-27(30-24)31-25-14-3-1-11-22(25)23-12-7-17-29-28(23)31;/h1-17,32H;/q-1;. The van der Waals surface area contributed by atoms with Gasteiger partial charge in [0.25, 0.3) is 0 Å². The number of benzene rings is 3. The maximum Gasteiger partial charge on any atom is 0.146 e. The fourth-order valence-corrected chi connectivity index (χ4v) is 4.20. The van der Waals surface area contributed by atoms with Crippen LogP contribution in [0.25, 0.3) is 50.1 Å². The molecule has 4 nitrogen and oxygen atoms in total. The molecule has 3 heterocycles. The second kappa shape index (κ2) is 8.65. The van der Waals surface area contributed by atoms with Crippen molar-refractivity contribution in [2.75, 3.05) is 0 Å². The molecule has 0 aliphatic rings. The molecule has 3 aromatic heterocycles. The van der Waals surface area contributed by atoms with Gasteiger partial charge >= 0.3 is 0 Å². The summed E-state index contributed by atoms with van der Waals surface area (Å²) in [7, 11) is 0. The summed E-state index contributed by atoms with van der Waals surface area (Å²) in [5, 5.41) is 12.5. The van der Waals surface area contributed by atoms with Gasteiger partial charge in [0.2, 0.25) is 0 Å². The third-order valence-corrected chi connectivity index (χ3v) is 5.66. The number of pyridine rings is 2.